The number of methoxy groups -OCH3 is 1. The van der Waals surface area contributed by atoms with Gasteiger partial charge in [0.1, 0.15) is 5.75 Å². The lowest BCUT2D eigenvalue weighted by molar-refractivity contribution is 0.121. The van der Waals surface area contributed by atoms with E-state index in [4.69, 9.17) is 4.74 Å². The number of hydrogen-bond acceptors (Lipinski definition) is 4. The van der Waals surface area contributed by atoms with Crippen LogP contribution in [0.3, 0.4) is 0 Å². The van der Waals surface area contributed by atoms with Crippen LogP contribution in [0.15, 0.2) is 54.6 Å². The number of ether oxygens (including phenoxy) is 1. The van der Waals surface area contributed by atoms with E-state index in [9.17, 15) is 10.2 Å². The zero-order valence-electron chi connectivity index (χ0n) is 13.6. The van der Waals surface area contributed by atoms with E-state index in [-0.39, 0.29) is 19.3 Å². The van der Waals surface area contributed by atoms with Crippen molar-refractivity contribution >= 4 is 0 Å². The van der Waals surface area contributed by atoms with Crippen LogP contribution in [0.5, 0.6) is 5.75 Å². The molecule has 0 radical (unpaired) electrons. The molecule has 4 heteroatoms. The van der Waals surface area contributed by atoms with E-state index in [0.29, 0.717) is 13.1 Å². The van der Waals surface area contributed by atoms with Crippen molar-refractivity contribution in [1.82, 2.24) is 4.90 Å². The summed E-state index contributed by atoms with van der Waals surface area (Å²) in [4.78, 5) is 2.12. The third kappa shape index (κ3) is 5.06. The van der Waals surface area contributed by atoms with Crippen molar-refractivity contribution in [2.45, 2.75) is 12.5 Å². The molecule has 0 amide bonds. The SMILES string of the molecule is COc1cccc(CC(c2ccccc2)N(CCO)CCO)c1. The molecule has 0 saturated carbocycles. The van der Waals surface area contributed by atoms with Gasteiger partial charge in [0.2, 0.25) is 0 Å². The largest absolute Gasteiger partial charge is 0.497 e. The Bertz CT molecular complexity index is 568. The molecule has 2 aromatic rings. The Labute approximate surface area is 138 Å². The van der Waals surface area contributed by atoms with Gasteiger partial charge in [-0.2, -0.15) is 0 Å². The van der Waals surface area contributed by atoms with Crippen LogP contribution in [0.4, 0.5) is 0 Å². The Morgan fingerprint density at radius 3 is 2.26 bits per heavy atom. The standard InChI is InChI=1S/C19H25NO3/c1-23-18-9-5-6-16(14-18)15-19(17-7-3-2-4-8-17)20(10-12-21)11-13-22/h2-9,14,19,21-22H,10-13,15H2,1H3. The summed E-state index contributed by atoms with van der Waals surface area (Å²) >= 11 is 0. The Balaban J connectivity index is 2.28. The minimum Gasteiger partial charge on any atom is -0.497 e. The predicted octanol–water partition coefficient (Wildman–Crippen LogP) is 2.27. The van der Waals surface area contributed by atoms with E-state index >= 15 is 0 Å². The van der Waals surface area contributed by atoms with Crippen LogP contribution in [-0.2, 0) is 6.42 Å². The lowest BCUT2D eigenvalue weighted by atomic mass is 9.97. The molecule has 0 aliphatic carbocycles. The molecule has 124 valence electrons. The minimum atomic E-state index is 0.0709. The second-order valence-corrected chi connectivity index (χ2v) is 5.47. The second kappa shape index (κ2) is 9.30. The monoisotopic (exact) mass is 315 g/mol. The summed E-state index contributed by atoms with van der Waals surface area (Å²) in [5, 5.41) is 18.7. The highest BCUT2D eigenvalue weighted by molar-refractivity contribution is 5.30. The van der Waals surface area contributed by atoms with Gasteiger partial charge in [-0.05, 0) is 29.7 Å². The molecule has 2 rings (SSSR count). The predicted molar refractivity (Wildman–Crippen MR) is 91.6 cm³/mol. The molecule has 0 fully saturated rings. The van der Waals surface area contributed by atoms with Crippen LogP contribution >= 0.6 is 0 Å². The zero-order chi connectivity index (χ0) is 16.5. The molecule has 1 unspecified atom stereocenters. The first kappa shape index (κ1) is 17.5. The van der Waals surface area contributed by atoms with Gasteiger partial charge in [0.05, 0.1) is 20.3 Å². The molecule has 23 heavy (non-hydrogen) atoms. The van der Waals surface area contributed by atoms with Gasteiger partial charge in [-0.15, -0.1) is 0 Å². The molecule has 0 heterocycles. The van der Waals surface area contributed by atoms with Crippen molar-refractivity contribution in [1.29, 1.82) is 0 Å². The highest BCUT2D eigenvalue weighted by atomic mass is 16.5. The minimum absolute atomic E-state index is 0.0709. The van der Waals surface area contributed by atoms with Crippen LogP contribution in [0.1, 0.15) is 17.2 Å². The van der Waals surface area contributed by atoms with Crippen molar-refractivity contribution in [3.63, 3.8) is 0 Å². The molecular weight excluding hydrogens is 290 g/mol. The van der Waals surface area contributed by atoms with Crippen LogP contribution in [0.25, 0.3) is 0 Å². The van der Waals surface area contributed by atoms with Crippen molar-refractivity contribution in [3.05, 3.63) is 65.7 Å². The van der Waals surface area contributed by atoms with E-state index in [1.165, 1.54) is 11.1 Å². The topological polar surface area (TPSA) is 52.9 Å². The second-order valence-electron chi connectivity index (χ2n) is 5.47. The van der Waals surface area contributed by atoms with E-state index in [0.717, 1.165) is 12.2 Å². The average Bonchev–Trinajstić information content (AvgIpc) is 2.60. The maximum Gasteiger partial charge on any atom is 0.119 e. The smallest absolute Gasteiger partial charge is 0.119 e. The summed E-state index contributed by atoms with van der Waals surface area (Å²) in [6.07, 6.45) is 0.793. The molecule has 2 N–H and O–H groups in total. The summed E-state index contributed by atoms with van der Waals surface area (Å²) in [5.74, 6) is 0.838. The Morgan fingerprint density at radius 1 is 0.957 bits per heavy atom. The quantitative estimate of drug-likeness (QED) is 0.745. The molecule has 0 aromatic heterocycles. The summed E-state index contributed by atoms with van der Waals surface area (Å²) in [5.41, 5.74) is 2.34. The van der Waals surface area contributed by atoms with Crippen molar-refractivity contribution in [2.75, 3.05) is 33.4 Å². The molecule has 0 bridgehead atoms. The van der Waals surface area contributed by atoms with Crippen LogP contribution < -0.4 is 4.74 Å². The van der Waals surface area contributed by atoms with Crippen LogP contribution in [0, 0.1) is 0 Å². The summed E-state index contributed by atoms with van der Waals surface area (Å²) in [7, 11) is 1.66. The zero-order valence-corrected chi connectivity index (χ0v) is 13.6. The molecule has 0 spiro atoms. The fourth-order valence-electron chi connectivity index (χ4n) is 2.84. The Morgan fingerprint density at radius 2 is 1.65 bits per heavy atom. The Kier molecular flexibility index (Phi) is 7.07. The Hall–Kier alpha value is -1.88. The highest BCUT2D eigenvalue weighted by Gasteiger charge is 2.20. The number of nitrogens with zero attached hydrogens (tertiary/aromatic N) is 1. The van der Waals surface area contributed by atoms with Gasteiger partial charge in [0.25, 0.3) is 0 Å². The molecule has 4 nitrogen and oxygen atoms in total. The van der Waals surface area contributed by atoms with Crippen molar-refractivity contribution < 1.29 is 14.9 Å². The van der Waals surface area contributed by atoms with Gasteiger partial charge in [0.15, 0.2) is 0 Å². The average molecular weight is 315 g/mol. The molecule has 1 atom stereocenters. The maximum absolute atomic E-state index is 9.36. The number of benzene rings is 2. The third-order valence-corrected chi connectivity index (χ3v) is 3.96. The van der Waals surface area contributed by atoms with Gasteiger partial charge >= 0.3 is 0 Å². The van der Waals surface area contributed by atoms with Gasteiger partial charge in [0, 0.05) is 19.1 Å². The molecule has 2 aromatic carbocycles. The van der Waals surface area contributed by atoms with Gasteiger partial charge in [-0.3, -0.25) is 4.90 Å². The third-order valence-electron chi connectivity index (χ3n) is 3.96. The van der Waals surface area contributed by atoms with Crippen LogP contribution in [-0.4, -0.2) is 48.5 Å². The molecule has 0 aliphatic heterocycles. The fraction of sp³-hybridized carbons (Fsp3) is 0.368. The number of hydrogen-bond donors (Lipinski definition) is 2. The molecular formula is C19H25NO3. The van der Waals surface area contributed by atoms with Gasteiger partial charge < -0.3 is 14.9 Å². The molecule has 0 saturated heterocycles. The summed E-state index contributed by atoms with van der Waals surface area (Å²) in [6.45, 7) is 1.21. The van der Waals surface area contributed by atoms with E-state index < -0.39 is 0 Å². The lowest BCUT2D eigenvalue weighted by Gasteiger charge is -2.31. The normalized spacial score (nSPS) is 12.3. The first-order valence-electron chi connectivity index (χ1n) is 7.92. The fourth-order valence-corrected chi connectivity index (χ4v) is 2.84. The maximum atomic E-state index is 9.36. The lowest BCUT2D eigenvalue weighted by Crippen LogP contribution is -2.35. The number of aliphatic hydroxyl groups excluding tert-OH is 2. The number of rotatable bonds is 9. The van der Waals surface area contributed by atoms with E-state index in [1.54, 1.807) is 7.11 Å². The van der Waals surface area contributed by atoms with Gasteiger partial charge in [-0.25, -0.2) is 0 Å². The first-order chi connectivity index (χ1) is 11.3. The van der Waals surface area contributed by atoms with Crippen LogP contribution in [0.2, 0.25) is 0 Å². The van der Waals surface area contributed by atoms with E-state index in [2.05, 4.69) is 23.1 Å². The van der Waals surface area contributed by atoms with E-state index in [1.807, 2.05) is 36.4 Å². The summed E-state index contributed by atoms with van der Waals surface area (Å²) < 4.78 is 5.30. The number of aliphatic hydroxyl groups is 2. The van der Waals surface area contributed by atoms with Crippen molar-refractivity contribution in [3.8, 4) is 5.75 Å². The van der Waals surface area contributed by atoms with Gasteiger partial charge in [-0.1, -0.05) is 42.5 Å². The highest BCUT2D eigenvalue weighted by Crippen LogP contribution is 2.26. The summed E-state index contributed by atoms with van der Waals surface area (Å²) in [6, 6.07) is 18.3. The molecule has 0 aliphatic rings. The van der Waals surface area contributed by atoms with Crippen molar-refractivity contribution in [2.24, 2.45) is 0 Å². The first-order valence-corrected chi connectivity index (χ1v) is 7.92.